The molecule has 0 radical (unpaired) electrons. The predicted octanol–water partition coefficient (Wildman–Crippen LogP) is 13.4. The third-order valence-electron chi connectivity index (χ3n) is 9.53. The van der Waals surface area contributed by atoms with Crippen molar-refractivity contribution in [3.05, 3.63) is 0 Å². The summed E-state index contributed by atoms with van der Waals surface area (Å²) in [6.07, 6.45) is 39.1. The van der Waals surface area contributed by atoms with Crippen molar-refractivity contribution in [3.8, 4) is 0 Å². The molecule has 0 saturated heterocycles. The summed E-state index contributed by atoms with van der Waals surface area (Å²) in [5.41, 5.74) is 0. The van der Waals surface area contributed by atoms with Gasteiger partial charge < -0.3 is 18.6 Å². The van der Waals surface area contributed by atoms with Crippen molar-refractivity contribution >= 4 is 19.4 Å². The van der Waals surface area contributed by atoms with Crippen LogP contribution in [-0.2, 0) is 13.8 Å². The molecule has 0 aliphatic heterocycles. The van der Waals surface area contributed by atoms with Gasteiger partial charge in [-0.2, -0.15) is 11.8 Å². The number of thioether (sulfide) groups is 1. The molecule has 1 N–H and O–H groups in total. The van der Waals surface area contributed by atoms with Crippen LogP contribution in [0.2, 0.25) is 0 Å². The molecule has 48 heavy (non-hydrogen) atoms. The van der Waals surface area contributed by atoms with E-state index in [1.165, 1.54) is 173 Å². The highest BCUT2D eigenvalue weighted by Gasteiger charge is 2.23. The van der Waals surface area contributed by atoms with E-state index in [2.05, 4.69) is 35.0 Å². The van der Waals surface area contributed by atoms with Crippen molar-refractivity contribution in [1.82, 2.24) is 0 Å². The molecule has 0 aromatic rings. The minimum absolute atomic E-state index is 0.109. The van der Waals surface area contributed by atoms with Gasteiger partial charge >= 0.3 is 7.60 Å². The molecule has 0 amide bonds. The van der Waals surface area contributed by atoms with Gasteiger partial charge in [-0.1, -0.05) is 181 Å². The monoisotopic (exact) mass is 721 g/mol. The van der Waals surface area contributed by atoms with Gasteiger partial charge in [0.15, 0.2) is 0 Å². The largest absolute Gasteiger partial charge is 0.375 e. The lowest BCUT2D eigenvalue weighted by Crippen LogP contribution is -2.35. The fourth-order valence-electron chi connectivity index (χ4n) is 6.31. The van der Waals surface area contributed by atoms with Gasteiger partial charge in [0, 0.05) is 18.8 Å². The smallest absolute Gasteiger partial charge is 0.328 e. The molecule has 0 heterocycles. The average molecular weight is 721 g/mol. The van der Waals surface area contributed by atoms with Gasteiger partial charge in [0.05, 0.1) is 46.6 Å². The number of quaternary nitrogens is 1. The van der Waals surface area contributed by atoms with Crippen LogP contribution in [0.25, 0.3) is 0 Å². The van der Waals surface area contributed by atoms with Gasteiger partial charge in [-0.25, -0.2) is 0 Å². The Morgan fingerprint density at radius 3 is 1.33 bits per heavy atom. The molecule has 0 bridgehead atoms. The molecule has 2 atom stereocenters. The summed E-state index contributed by atoms with van der Waals surface area (Å²) < 4.78 is 25.4. The Bertz CT molecular complexity index is 690. The molecule has 0 aliphatic rings. The zero-order valence-corrected chi connectivity index (χ0v) is 35.0. The molecule has 0 aromatic carbocycles. The highest BCUT2D eigenvalue weighted by molar-refractivity contribution is 7.99. The maximum atomic E-state index is 12.7. The van der Waals surface area contributed by atoms with Crippen molar-refractivity contribution < 1.29 is 23.2 Å². The van der Waals surface area contributed by atoms with Gasteiger partial charge in [0.25, 0.3) is 0 Å². The van der Waals surface area contributed by atoms with Crippen LogP contribution in [0.1, 0.15) is 200 Å². The van der Waals surface area contributed by atoms with E-state index in [0.717, 1.165) is 35.6 Å². The zero-order valence-electron chi connectivity index (χ0n) is 33.3. The van der Waals surface area contributed by atoms with Crippen molar-refractivity contribution in [2.45, 2.75) is 206 Å². The third kappa shape index (κ3) is 39.2. The predicted molar refractivity (Wildman–Crippen MR) is 216 cm³/mol. The van der Waals surface area contributed by atoms with Crippen LogP contribution < -0.4 is 0 Å². The topological polar surface area (TPSA) is 55.8 Å². The average Bonchev–Trinajstić information content (AvgIpc) is 3.04. The van der Waals surface area contributed by atoms with Crippen LogP contribution in [0.3, 0.4) is 0 Å². The fourth-order valence-corrected chi connectivity index (χ4v) is 8.41. The maximum absolute atomic E-state index is 12.7. The van der Waals surface area contributed by atoms with E-state index < -0.39 is 7.60 Å². The first-order chi connectivity index (χ1) is 23.2. The summed E-state index contributed by atoms with van der Waals surface area (Å²) in [4.78, 5) is 10.4. The van der Waals surface area contributed by atoms with Gasteiger partial charge in [0.2, 0.25) is 0 Å². The van der Waals surface area contributed by atoms with Crippen molar-refractivity contribution in [3.63, 3.8) is 0 Å². The van der Waals surface area contributed by atoms with E-state index in [4.69, 9.17) is 9.26 Å². The SMILES string of the molecule is CCCCCCCCCCCCCCCCOC(COP(=O)(O)CCC[N+](C)(C)C)CSCCCCCCCCCCCCCCCC. The zero-order chi connectivity index (χ0) is 35.4. The van der Waals surface area contributed by atoms with E-state index in [9.17, 15) is 9.46 Å². The molecule has 0 fully saturated rings. The van der Waals surface area contributed by atoms with Crippen LogP contribution in [0.4, 0.5) is 0 Å². The highest BCUT2D eigenvalue weighted by Crippen LogP contribution is 2.42. The van der Waals surface area contributed by atoms with E-state index in [0.29, 0.717) is 6.42 Å². The molecule has 0 rings (SSSR count). The van der Waals surface area contributed by atoms with Crippen molar-refractivity contribution in [2.24, 2.45) is 0 Å². The summed E-state index contributed by atoms with van der Waals surface area (Å²) in [5, 5.41) is 0. The Hall–Kier alpha value is 0.420. The Morgan fingerprint density at radius 2 is 0.938 bits per heavy atom. The Labute approximate surface area is 306 Å². The molecule has 2 unspecified atom stereocenters. The summed E-state index contributed by atoms with van der Waals surface area (Å²) in [5.74, 6) is 1.98. The number of unbranched alkanes of at least 4 members (excludes halogenated alkanes) is 26. The van der Waals surface area contributed by atoms with E-state index in [-0.39, 0.29) is 18.9 Å². The number of rotatable bonds is 40. The lowest BCUT2D eigenvalue weighted by molar-refractivity contribution is -0.870. The first-order valence-electron chi connectivity index (χ1n) is 21.2. The molecule has 0 saturated carbocycles. The lowest BCUT2D eigenvalue weighted by Gasteiger charge is -2.24. The normalized spacial score (nSPS) is 14.0. The minimum atomic E-state index is -3.58. The second-order valence-electron chi connectivity index (χ2n) is 15.8. The summed E-state index contributed by atoms with van der Waals surface area (Å²) >= 11 is 1.93. The second-order valence-corrected chi connectivity index (χ2v) is 18.9. The van der Waals surface area contributed by atoms with Crippen LogP contribution >= 0.6 is 19.4 Å². The highest BCUT2D eigenvalue weighted by atomic mass is 32.2. The van der Waals surface area contributed by atoms with Crippen LogP contribution in [0.5, 0.6) is 0 Å². The Kier molecular flexibility index (Phi) is 36.1. The second kappa shape index (κ2) is 35.8. The van der Waals surface area contributed by atoms with Gasteiger partial charge in [-0.15, -0.1) is 0 Å². The third-order valence-corrected chi connectivity index (χ3v) is 12.1. The quantitative estimate of drug-likeness (QED) is 0.0388. The van der Waals surface area contributed by atoms with E-state index >= 15 is 0 Å². The van der Waals surface area contributed by atoms with Crippen molar-refractivity contribution in [1.29, 1.82) is 0 Å². The van der Waals surface area contributed by atoms with E-state index in [1.807, 2.05) is 11.8 Å². The molecule has 0 aliphatic carbocycles. The molecular weight excluding hydrogens is 633 g/mol. The first-order valence-corrected chi connectivity index (χ1v) is 24.1. The van der Waals surface area contributed by atoms with Gasteiger partial charge in [-0.3, -0.25) is 4.57 Å². The Morgan fingerprint density at radius 1 is 0.562 bits per heavy atom. The fraction of sp³-hybridized carbons (Fsp3) is 1.00. The number of hydrogen-bond donors (Lipinski definition) is 1. The maximum Gasteiger partial charge on any atom is 0.328 e. The molecule has 7 heteroatoms. The molecule has 5 nitrogen and oxygen atoms in total. The lowest BCUT2D eigenvalue weighted by atomic mass is 10.0. The van der Waals surface area contributed by atoms with Gasteiger partial charge in [0.1, 0.15) is 0 Å². The first kappa shape index (κ1) is 48.4. The summed E-state index contributed by atoms with van der Waals surface area (Å²) in [6.45, 7) is 6.39. The molecular formula is C41H87NO4PS+. The van der Waals surface area contributed by atoms with Gasteiger partial charge in [-0.05, 0) is 18.6 Å². The molecule has 0 aromatic heterocycles. The minimum Gasteiger partial charge on any atom is -0.375 e. The number of ether oxygens (including phenoxy) is 1. The number of nitrogens with zero attached hydrogens (tertiary/aromatic N) is 1. The number of hydrogen-bond acceptors (Lipinski definition) is 4. The Balaban J connectivity index is 4.08. The standard InChI is InChI=1S/C41H86NO4PS/c1-6-8-10-12-14-16-18-20-22-24-26-28-30-32-36-45-41(39-46-47(43,44)37-34-35-42(3,4)5)40-48-38-33-31-29-27-25-23-21-19-17-15-13-11-9-7-2/h41H,6-40H2,1-5H3/p+1. The molecule has 0 spiro atoms. The van der Waals surface area contributed by atoms with Crippen LogP contribution in [-0.4, -0.2) is 74.0 Å². The molecule has 290 valence electrons. The van der Waals surface area contributed by atoms with Crippen molar-refractivity contribution in [2.75, 3.05) is 58.6 Å². The van der Waals surface area contributed by atoms with Crippen LogP contribution in [0.15, 0.2) is 0 Å². The van der Waals surface area contributed by atoms with E-state index in [1.54, 1.807) is 0 Å². The van der Waals surface area contributed by atoms with Crippen LogP contribution in [0, 0.1) is 0 Å². The summed E-state index contributed by atoms with van der Waals surface area (Å²) in [6, 6.07) is 0. The summed E-state index contributed by atoms with van der Waals surface area (Å²) in [7, 11) is 2.75.